The third-order valence-corrected chi connectivity index (χ3v) is 5.46. The van der Waals surface area contributed by atoms with Gasteiger partial charge in [-0.15, -0.1) is 11.3 Å². The first kappa shape index (κ1) is 18.4. The van der Waals surface area contributed by atoms with E-state index in [4.69, 9.17) is 0 Å². The zero-order valence-electron chi connectivity index (χ0n) is 15.1. The molecule has 1 aliphatic rings. The van der Waals surface area contributed by atoms with E-state index in [9.17, 15) is 9.59 Å². The Balaban J connectivity index is 1.53. The summed E-state index contributed by atoms with van der Waals surface area (Å²) in [6.07, 6.45) is 5.08. The number of likely N-dealkylation sites (tertiary alicyclic amines) is 1. The lowest BCUT2D eigenvalue weighted by Gasteiger charge is -2.33. The number of hydrogen-bond acceptors (Lipinski definition) is 4. The number of aryl methyl sites for hydroxylation is 1. The Hall–Kier alpha value is -2.41. The number of nitrogens with zero attached hydrogens (tertiary/aromatic N) is 2. The van der Waals surface area contributed by atoms with Crippen molar-refractivity contribution in [3.63, 3.8) is 0 Å². The van der Waals surface area contributed by atoms with Gasteiger partial charge in [-0.1, -0.05) is 0 Å². The van der Waals surface area contributed by atoms with Crippen LogP contribution in [0.15, 0.2) is 30.5 Å². The normalized spacial score (nSPS) is 17.0. The topological polar surface area (TPSA) is 74.3 Å². The fourth-order valence-electron chi connectivity index (χ4n) is 3.09. The van der Waals surface area contributed by atoms with Gasteiger partial charge in [0, 0.05) is 34.9 Å². The highest BCUT2D eigenvalue weighted by atomic mass is 32.1. The molecule has 1 saturated heterocycles. The number of urea groups is 1. The van der Waals surface area contributed by atoms with Crippen molar-refractivity contribution >= 4 is 29.0 Å². The van der Waals surface area contributed by atoms with E-state index in [1.807, 2.05) is 11.8 Å². The molecule has 1 fully saturated rings. The summed E-state index contributed by atoms with van der Waals surface area (Å²) in [5.74, 6) is 0.0637. The van der Waals surface area contributed by atoms with E-state index in [2.05, 4.69) is 22.5 Å². The van der Waals surface area contributed by atoms with E-state index in [1.165, 1.54) is 6.42 Å². The molecule has 0 spiro atoms. The fourth-order valence-corrected chi connectivity index (χ4v) is 3.83. The average Bonchev–Trinajstić information content (AvgIpc) is 3.06. The molecule has 1 aromatic carbocycles. The number of carbonyl (C=O) groups excluding carboxylic acids is 2. The number of piperidine rings is 1. The summed E-state index contributed by atoms with van der Waals surface area (Å²) in [7, 11) is 0. The Kier molecular flexibility index (Phi) is 5.88. The zero-order valence-corrected chi connectivity index (χ0v) is 15.9. The third-order valence-electron chi connectivity index (χ3n) is 4.55. The highest BCUT2D eigenvalue weighted by molar-refractivity contribution is 7.11. The summed E-state index contributed by atoms with van der Waals surface area (Å²) in [6.45, 7) is 5.30. The summed E-state index contributed by atoms with van der Waals surface area (Å²) < 4.78 is 0. The summed E-state index contributed by atoms with van der Waals surface area (Å²) >= 11 is 1.56. The molecule has 26 heavy (non-hydrogen) atoms. The second-order valence-electron chi connectivity index (χ2n) is 6.57. The number of nitrogens with one attached hydrogen (secondary N) is 2. The molecule has 1 aromatic heterocycles. The van der Waals surface area contributed by atoms with E-state index in [-0.39, 0.29) is 18.0 Å². The van der Waals surface area contributed by atoms with E-state index in [0.29, 0.717) is 17.8 Å². The molecule has 0 bridgehead atoms. The predicted octanol–water partition coefficient (Wildman–Crippen LogP) is 3.79. The van der Waals surface area contributed by atoms with Crippen molar-refractivity contribution in [2.45, 2.75) is 45.7 Å². The van der Waals surface area contributed by atoms with Crippen LogP contribution in [0.3, 0.4) is 0 Å². The van der Waals surface area contributed by atoms with Crippen LogP contribution in [0.5, 0.6) is 0 Å². The molecular formula is C19H24N4O2S. The molecule has 0 radical (unpaired) electrons. The van der Waals surface area contributed by atoms with Gasteiger partial charge in [0.15, 0.2) is 0 Å². The smallest absolute Gasteiger partial charge is 0.319 e. The Bertz CT molecular complexity index is 772. The first-order valence-electron chi connectivity index (χ1n) is 8.90. The number of thiazole rings is 1. The van der Waals surface area contributed by atoms with E-state index in [1.54, 1.807) is 41.8 Å². The van der Waals surface area contributed by atoms with Gasteiger partial charge >= 0.3 is 6.03 Å². The molecule has 3 amide bonds. The molecule has 7 heteroatoms. The van der Waals surface area contributed by atoms with Crippen LogP contribution in [0.25, 0.3) is 0 Å². The van der Waals surface area contributed by atoms with Crippen molar-refractivity contribution in [3.8, 4) is 0 Å². The summed E-state index contributed by atoms with van der Waals surface area (Å²) in [5, 5.41) is 6.56. The van der Waals surface area contributed by atoms with Gasteiger partial charge in [-0.3, -0.25) is 4.79 Å². The number of amides is 3. The highest BCUT2D eigenvalue weighted by Crippen LogP contribution is 2.20. The van der Waals surface area contributed by atoms with Gasteiger partial charge in [-0.25, -0.2) is 9.78 Å². The summed E-state index contributed by atoms with van der Waals surface area (Å²) in [5.41, 5.74) is 1.32. The molecule has 2 N–H and O–H groups in total. The molecule has 0 saturated carbocycles. The Morgan fingerprint density at radius 1 is 1.27 bits per heavy atom. The van der Waals surface area contributed by atoms with Crippen LogP contribution >= 0.6 is 11.3 Å². The number of hydrogen-bond donors (Lipinski definition) is 2. The monoisotopic (exact) mass is 372 g/mol. The molecule has 0 aliphatic carbocycles. The standard InChI is InChI=1S/C19H24N4O2S/c1-13-5-3-4-10-23(13)18(24)15-6-8-16(9-7-15)22-19(25)21-12-17-11-20-14(2)26-17/h6-9,11,13H,3-5,10,12H2,1-2H3,(H2,21,22,25). The zero-order chi connectivity index (χ0) is 18.5. The second kappa shape index (κ2) is 8.31. The Morgan fingerprint density at radius 3 is 2.69 bits per heavy atom. The molecule has 1 unspecified atom stereocenters. The van der Waals surface area contributed by atoms with Crippen LogP contribution < -0.4 is 10.6 Å². The van der Waals surface area contributed by atoms with Crippen molar-refractivity contribution in [2.24, 2.45) is 0 Å². The van der Waals surface area contributed by atoms with Crippen LogP contribution in [0.4, 0.5) is 10.5 Å². The first-order valence-corrected chi connectivity index (χ1v) is 9.72. The minimum Gasteiger partial charge on any atom is -0.336 e. The van der Waals surface area contributed by atoms with Crippen LogP contribution in [-0.2, 0) is 6.54 Å². The predicted molar refractivity (Wildman–Crippen MR) is 104 cm³/mol. The van der Waals surface area contributed by atoms with E-state index < -0.39 is 0 Å². The molecule has 2 aromatic rings. The number of anilines is 1. The average molecular weight is 372 g/mol. The van der Waals surface area contributed by atoms with E-state index >= 15 is 0 Å². The Labute approximate surface area is 157 Å². The van der Waals surface area contributed by atoms with E-state index in [0.717, 1.165) is 29.3 Å². The molecular weight excluding hydrogens is 348 g/mol. The van der Waals surface area contributed by atoms with Crippen molar-refractivity contribution in [1.82, 2.24) is 15.2 Å². The molecule has 1 aliphatic heterocycles. The van der Waals surface area contributed by atoms with Crippen molar-refractivity contribution in [1.29, 1.82) is 0 Å². The van der Waals surface area contributed by atoms with Crippen LogP contribution in [0.1, 0.15) is 46.4 Å². The largest absolute Gasteiger partial charge is 0.336 e. The van der Waals surface area contributed by atoms with Crippen molar-refractivity contribution in [3.05, 3.63) is 45.9 Å². The maximum Gasteiger partial charge on any atom is 0.319 e. The lowest BCUT2D eigenvalue weighted by atomic mass is 10.0. The van der Waals surface area contributed by atoms with Gasteiger partial charge in [-0.2, -0.15) is 0 Å². The van der Waals surface area contributed by atoms with Gasteiger partial charge in [0.05, 0.1) is 11.6 Å². The third kappa shape index (κ3) is 4.60. The van der Waals surface area contributed by atoms with Gasteiger partial charge in [-0.05, 0) is 57.4 Å². The molecule has 3 rings (SSSR count). The van der Waals surface area contributed by atoms with Crippen molar-refractivity contribution in [2.75, 3.05) is 11.9 Å². The highest BCUT2D eigenvalue weighted by Gasteiger charge is 2.24. The minimum absolute atomic E-state index is 0.0637. The molecule has 138 valence electrons. The van der Waals surface area contributed by atoms with Crippen LogP contribution in [0.2, 0.25) is 0 Å². The van der Waals surface area contributed by atoms with Crippen molar-refractivity contribution < 1.29 is 9.59 Å². The number of carbonyl (C=O) groups is 2. The van der Waals surface area contributed by atoms with Gasteiger partial charge in [0.25, 0.3) is 5.91 Å². The second-order valence-corrected chi connectivity index (χ2v) is 7.89. The number of rotatable bonds is 4. The lowest BCUT2D eigenvalue weighted by Crippen LogP contribution is -2.42. The fraction of sp³-hybridized carbons (Fsp3) is 0.421. The number of benzene rings is 1. The SMILES string of the molecule is Cc1ncc(CNC(=O)Nc2ccc(C(=O)N3CCCCC3C)cc2)s1. The Morgan fingerprint density at radius 2 is 2.04 bits per heavy atom. The molecule has 2 heterocycles. The molecule has 1 atom stereocenters. The quantitative estimate of drug-likeness (QED) is 0.857. The van der Waals surface area contributed by atoms with Gasteiger partial charge in [0.2, 0.25) is 0 Å². The van der Waals surface area contributed by atoms with Crippen LogP contribution in [0, 0.1) is 6.92 Å². The minimum atomic E-state index is -0.278. The summed E-state index contributed by atoms with van der Waals surface area (Å²) in [6, 6.07) is 7.07. The van der Waals surface area contributed by atoms with Gasteiger partial charge < -0.3 is 15.5 Å². The lowest BCUT2D eigenvalue weighted by molar-refractivity contribution is 0.0635. The first-order chi connectivity index (χ1) is 12.5. The maximum absolute atomic E-state index is 12.6. The maximum atomic E-state index is 12.6. The summed E-state index contributed by atoms with van der Waals surface area (Å²) in [4.78, 5) is 31.7. The number of aromatic nitrogens is 1. The van der Waals surface area contributed by atoms with Crippen LogP contribution in [-0.4, -0.2) is 34.4 Å². The molecule has 6 nitrogen and oxygen atoms in total. The van der Waals surface area contributed by atoms with Gasteiger partial charge in [0.1, 0.15) is 0 Å².